The summed E-state index contributed by atoms with van der Waals surface area (Å²) in [6.45, 7) is 2.36. The number of aryl methyl sites for hydroxylation is 1. The molecule has 0 spiro atoms. The van der Waals surface area contributed by atoms with Crippen molar-refractivity contribution < 1.29 is 9.59 Å². The molecular formula is C25H24ClN3O2. The molecular weight excluding hydrogens is 410 g/mol. The lowest BCUT2D eigenvalue weighted by Crippen LogP contribution is -2.30. The first-order chi connectivity index (χ1) is 15.0. The van der Waals surface area contributed by atoms with Crippen molar-refractivity contribution in [2.24, 2.45) is 0 Å². The number of anilines is 1. The number of ketones is 2. The number of benzene rings is 2. The Hall–Kier alpha value is -2.89. The number of para-hydroxylation sites is 1. The predicted octanol–water partition coefficient (Wildman–Crippen LogP) is 4.52. The monoisotopic (exact) mass is 433 g/mol. The molecule has 0 amide bonds. The standard InChI is InChI=1S/C25H24ClN3O2/c1-27(2)11-6-12-28-19-10-4-3-9-18(19)23-20(28)15-29(17-8-5-7-16(26)13-17)25-22(31)14-21(30)24(23)25/h3-5,7-10,13H,6,11-12,14-15H2,1-2H3. The Labute approximate surface area is 186 Å². The average Bonchev–Trinajstić information content (AvgIpc) is 3.21. The summed E-state index contributed by atoms with van der Waals surface area (Å²) in [4.78, 5) is 30.1. The molecule has 1 aromatic heterocycles. The molecule has 2 aliphatic rings. The highest BCUT2D eigenvalue weighted by Gasteiger charge is 2.42. The topological polar surface area (TPSA) is 45.6 Å². The van der Waals surface area contributed by atoms with Crippen LogP contribution >= 0.6 is 11.6 Å². The molecule has 1 aliphatic heterocycles. The van der Waals surface area contributed by atoms with Gasteiger partial charge in [-0.3, -0.25) is 9.59 Å². The molecule has 2 heterocycles. The second-order valence-corrected chi connectivity index (χ2v) is 8.90. The Balaban J connectivity index is 1.73. The van der Waals surface area contributed by atoms with Gasteiger partial charge in [-0.25, -0.2) is 0 Å². The van der Waals surface area contributed by atoms with Gasteiger partial charge in [0.1, 0.15) is 0 Å². The van der Waals surface area contributed by atoms with E-state index in [4.69, 9.17) is 11.6 Å². The quantitative estimate of drug-likeness (QED) is 0.555. The number of hydrogen-bond acceptors (Lipinski definition) is 4. The third kappa shape index (κ3) is 3.29. The van der Waals surface area contributed by atoms with Crippen LogP contribution in [-0.2, 0) is 22.7 Å². The number of Topliss-reactive ketones (excluding diaryl/α,β-unsaturated/α-hetero) is 2. The van der Waals surface area contributed by atoms with Gasteiger partial charge in [-0.1, -0.05) is 35.9 Å². The number of halogens is 1. The molecule has 0 atom stereocenters. The van der Waals surface area contributed by atoms with Crippen LogP contribution in [0.5, 0.6) is 0 Å². The van der Waals surface area contributed by atoms with Gasteiger partial charge in [0, 0.05) is 39.4 Å². The van der Waals surface area contributed by atoms with Crippen LogP contribution in [0.3, 0.4) is 0 Å². The minimum atomic E-state index is -0.116. The van der Waals surface area contributed by atoms with Crippen LogP contribution in [0.4, 0.5) is 5.69 Å². The highest BCUT2D eigenvalue weighted by molar-refractivity contribution is 6.41. The smallest absolute Gasteiger partial charge is 0.187 e. The summed E-state index contributed by atoms with van der Waals surface area (Å²) in [5, 5.41) is 1.65. The number of carbonyl (C=O) groups is 2. The molecule has 158 valence electrons. The third-order valence-corrected chi connectivity index (χ3v) is 6.35. The molecule has 5 rings (SSSR count). The Morgan fingerprint density at radius 2 is 1.84 bits per heavy atom. The normalized spacial score (nSPS) is 15.9. The zero-order valence-electron chi connectivity index (χ0n) is 17.7. The maximum Gasteiger partial charge on any atom is 0.187 e. The minimum Gasteiger partial charge on any atom is -0.342 e. The van der Waals surface area contributed by atoms with E-state index in [9.17, 15) is 9.59 Å². The molecule has 0 saturated heterocycles. The summed E-state index contributed by atoms with van der Waals surface area (Å²) < 4.78 is 2.32. The summed E-state index contributed by atoms with van der Waals surface area (Å²) in [7, 11) is 4.15. The second-order valence-electron chi connectivity index (χ2n) is 8.46. The van der Waals surface area contributed by atoms with Gasteiger partial charge >= 0.3 is 0 Å². The van der Waals surface area contributed by atoms with Gasteiger partial charge in [0.15, 0.2) is 11.6 Å². The molecule has 3 aromatic rings. The van der Waals surface area contributed by atoms with Gasteiger partial charge in [0.05, 0.1) is 24.2 Å². The number of aromatic nitrogens is 1. The van der Waals surface area contributed by atoms with Gasteiger partial charge in [0.25, 0.3) is 0 Å². The van der Waals surface area contributed by atoms with Crippen molar-refractivity contribution in [1.29, 1.82) is 0 Å². The number of fused-ring (bicyclic) bond motifs is 4. The fourth-order valence-electron chi connectivity index (χ4n) is 4.83. The lowest BCUT2D eigenvalue weighted by atomic mass is 9.96. The highest BCUT2D eigenvalue weighted by Crippen LogP contribution is 2.45. The van der Waals surface area contributed by atoms with Crippen molar-refractivity contribution in [3.8, 4) is 0 Å². The SMILES string of the molecule is CN(C)CCCn1c2c(c3ccccc31)C1=C(C(=O)CC1=O)N(c1cccc(Cl)c1)C2. The molecule has 0 saturated carbocycles. The highest BCUT2D eigenvalue weighted by atomic mass is 35.5. The van der Waals surface area contributed by atoms with Crippen LogP contribution in [0.25, 0.3) is 16.5 Å². The Kier molecular flexibility index (Phi) is 4.95. The van der Waals surface area contributed by atoms with E-state index in [2.05, 4.69) is 35.7 Å². The number of allylic oxidation sites excluding steroid dienone is 2. The van der Waals surface area contributed by atoms with E-state index in [1.807, 2.05) is 41.3 Å². The fraction of sp³-hybridized carbons (Fsp3) is 0.280. The van der Waals surface area contributed by atoms with Crippen LogP contribution in [0.2, 0.25) is 5.02 Å². The molecule has 0 N–H and O–H groups in total. The average molecular weight is 434 g/mol. The largest absolute Gasteiger partial charge is 0.342 e. The first-order valence-electron chi connectivity index (χ1n) is 10.5. The zero-order valence-corrected chi connectivity index (χ0v) is 18.4. The number of hydrogen-bond donors (Lipinski definition) is 0. The van der Waals surface area contributed by atoms with E-state index in [1.165, 1.54) is 0 Å². The van der Waals surface area contributed by atoms with Crippen molar-refractivity contribution in [3.05, 3.63) is 70.5 Å². The fourth-order valence-corrected chi connectivity index (χ4v) is 5.01. The van der Waals surface area contributed by atoms with Gasteiger partial charge in [0.2, 0.25) is 0 Å². The van der Waals surface area contributed by atoms with Crippen LogP contribution in [0.1, 0.15) is 24.1 Å². The Morgan fingerprint density at radius 3 is 2.61 bits per heavy atom. The summed E-state index contributed by atoms with van der Waals surface area (Å²) in [5.74, 6) is -0.209. The van der Waals surface area contributed by atoms with Crippen molar-refractivity contribution in [2.45, 2.75) is 25.9 Å². The van der Waals surface area contributed by atoms with Gasteiger partial charge in [-0.2, -0.15) is 0 Å². The lowest BCUT2D eigenvalue weighted by molar-refractivity contribution is -0.120. The van der Waals surface area contributed by atoms with E-state index in [-0.39, 0.29) is 18.0 Å². The first-order valence-corrected chi connectivity index (χ1v) is 10.9. The van der Waals surface area contributed by atoms with Crippen LogP contribution < -0.4 is 4.90 Å². The molecule has 6 heteroatoms. The van der Waals surface area contributed by atoms with E-state index >= 15 is 0 Å². The number of nitrogens with zero attached hydrogens (tertiary/aromatic N) is 3. The molecule has 5 nitrogen and oxygen atoms in total. The minimum absolute atomic E-state index is 0.0681. The van der Waals surface area contributed by atoms with Crippen LogP contribution in [-0.4, -0.2) is 41.7 Å². The molecule has 0 bridgehead atoms. The second kappa shape index (κ2) is 7.66. The van der Waals surface area contributed by atoms with E-state index in [0.29, 0.717) is 22.8 Å². The van der Waals surface area contributed by atoms with Gasteiger partial charge < -0.3 is 14.4 Å². The molecule has 1 aliphatic carbocycles. The Bertz CT molecular complexity index is 1250. The lowest BCUT2D eigenvalue weighted by Gasteiger charge is -2.31. The predicted molar refractivity (Wildman–Crippen MR) is 124 cm³/mol. The summed E-state index contributed by atoms with van der Waals surface area (Å²) in [6, 6.07) is 15.7. The molecule has 0 fully saturated rings. The summed E-state index contributed by atoms with van der Waals surface area (Å²) >= 11 is 6.26. The van der Waals surface area contributed by atoms with Crippen molar-refractivity contribution >= 4 is 45.3 Å². The first kappa shape index (κ1) is 20.0. The third-order valence-electron chi connectivity index (χ3n) is 6.11. The molecule has 0 unspecified atom stereocenters. The molecule has 0 radical (unpaired) electrons. The number of carbonyl (C=O) groups excluding carboxylic acids is 2. The molecule has 2 aromatic carbocycles. The summed E-state index contributed by atoms with van der Waals surface area (Å²) in [5.41, 5.74) is 5.04. The summed E-state index contributed by atoms with van der Waals surface area (Å²) in [6.07, 6.45) is 0.926. The maximum absolute atomic E-state index is 13.0. The van der Waals surface area contributed by atoms with E-state index < -0.39 is 0 Å². The van der Waals surface area contributed by atoms with Crippen LogP contribution in [0, 0.1) is 0 Å². The molecule has 31 heavy (non-hydrogen) atoms. The number of rotatable bonds is 5. The van der Waals surface area contributed by atoms with Crippen LogP contribution in [0.15, 0.2) is 54.2 Å². The Morgan fingerprint density at radius 1 is 1.03 bits per heavy atom. The van der Waals surface area contributed by atoms with E-state index in [1.54, 1.807) is 0 Å². The van der Waals surface area contributed by atoms with E-state index in [0.717, 1.165) is 47.4 Å². The van der Waals surface area contributed by atoms with Crippen molar-refractivity contribution in [3.63, 3.8) is 0 Å². The van der Waals surface area contributed by atoms with Gasteiger partial charge in [-0.15, -0.1) is 0 Å². The maximum atomic E-state index is 13.0. The van der Waals surface area contributed by atoms with Gasteiger partial charge in [-0.05, 0) is 51.3 Å². The zero-order chi connectivity index (χ0) is 21.7. The van der Waals surface area contributed by atoms with Crippen molar-refractivity contribution in [1.82, 2.24) is 9.47 Å². The van der Waals surface area contributed by atoms with Crippen molar-refractivity contribution in [2.75, 3.05) is 25.5 Å².